The third-order valence-corrected chi connectivity index (χ3v) is 3.70. The van der Waals surface area contributed by atoms with Crippen molar-refractivity contribution in [3.8, 4) is 11.8 Å². The van der Waals surface area contributed by atoms with Crippen LogP contribution in [0.2, 0.25) is 5.02 Å². The van der Waals surface area contributed by atoms with Crippen molar-refractivity contribution in [2.24, 2.45) is 0 Å². The van der Waals surface area contributed by atoms with Crippen molar-refractivity contribution in [1.82, 2.24) is 4.57 Å². The molecule has 0 aliphatic heterocycles. The normalized spacial score (nSPS) is 10.1. The molecule has 0 bridgehead atoms. The number of rotatable bonds is 1. The monoisotopic (exact) mass is 322 g/mol. The van der Waals surface area contributed by atoms with Gasteiger partial charge < -0.3 is 0 Å². The van der Waals surface area contributed by atoms with E-state index >= 15 is 0 Å². The van der Waals surface area contributed by atoms with Crippen molar-refractivity contribution in [2.75, 3.05) is 0 Å². The fourth-order valence-corrected chi connectivity index (χ4v) is 2.29. The molecule has 0 fully saturated rings. The molecule has 0 saturated carbocycles. The van der Waals surface area contributed by atoms with E-state index in [1.165, 1.54) is 4.57 Å². The van der Waals surface area contributed by atoms with Crippen LogP contribution in [0.3, 0.4) is 0 Å². The molecule has 0 radical (unpaired) electrons. The minimum atomic E-state index is -0.417. The van der Waals surface area contributed by atoms with Gasteiger partial charge in [0.15, 0.2) is 0 Å². The molecular formula is C13H8BrClN2O. The van der Waals surface area contributed by atoms with Crippen molar-refractivity contribution >= 4 is 27.5 Å². The number of halogens is 2. The maximum Gasteiger partial charge on any atom is 0.274 e. The van der Waals surface area contributed by atoms with Crippen LogP contribution in [-0.4, -0.2) is 4.57 Å². The van der Waals surface area contributed by atoms with Gasteiger partial charge in [-0.1, -0.05) is 23.7 Å². The Hall–Kier alpha value is -1.57. The standard InChI is InChI=1S/C13H8BrClN2O/c1-8-7-17(11-5-3-2-4-10(11)14)13(18)9(6-16)12(8)15/h2-5,7H,1H3. The summed E-state index contributed by atoms with van der Waals surface area (Å²) in [4.78, 5) is 12.2. The Bertz CT molecular complexity index is 716. The average molecular weight is 324 g/mol. The lowest BCUT2D eigenvalue weighted by molar-refractivity contribution is 0.963. The van der Waals surface area contributed by atoms with E-state index in [1.807, 2.05) is 24.3 Å². The highest BCUT2D eigenvalue weighted by Gasteiger charge is 2.13. The summed E-state index contributed by atoms with van der Waals surface area (Å²) in [5.74, 6) is 0. The van der Waals surface area contributed by atoms with Crippen LogP contribution in [0.4, 0.5) is 0 Å². The van der Waals surface area contributed by atoms with Gasteiger partial charge in [0.25, 0.3) is 5.56 Å². The van der Waals surface area contributed by atoms with E-state index in [-0.39, 0.29) is 10.6 Å². The highest BCUT2D eigenvalue weighted by Crippen LogP contribution is 2.22. The molecule has 3 nitrogen and oxygen atoms in total. The molecule has 0 atom stereocenters. The zero-order chi connectivity index (χ0) is 13.3. The summed E-state index contributed by atoms with van der Waals surface area (Å²) >= 11 is 9.33. The first-order chi connectivity index (χ1) is 8.56. The van der Waals surface area contributed by atoms with Gasteiger partial charge in [-0.2, -0.15) is 5.26 Å². The lowest BCUT2D eigenvalue weighted by atomic mass is 10.2. The molecule has 2 aromatic rings. The van der Waals surface area contributed by atoms with E-state index < -0.39 is 5.56 Å². The van der Waals surface area contributed by atoms with Gasteiger partial charge in [-0.3, -0.25) is 9.36 Å². The van der Waals surface area contributed by atoms with Crippen LogP contribution in [0.5, 0.6) is 0 Å². The van der Waals surface area contributed by atoms with Gasteiger partial charge in [0.2, 0.25) is 0 Å². The fraction of sp³-hybridized carbons (Fsp3) is 0.0769. The van der Waals surface area contributed by atoms with Gasteiger partial charge in [-0.15, -0.1) is 0 Å². The maximum atomic E-state index is 12.2. The van der Waals surface area contributed by atoms with Gasteiger partial charge in [0, 0.05) is 10.7 Å². The maximum absolute atomic E-state index is 12.2. The number of aryl methyl sites for hydroxylation is 1. The Kier molecular flexibility index (Phi) is 3.55. The molecule has 18 heavy (non-hydrogen) atoms. The van der Waals surface area contributed by atoms with Crippen molar-refractivity contribution in [3.05, 3.63) is 61.4 Å². The van der Waals surface area contributed by atoms with Crippen LogP contribution in [0.25, 0.3) is 5.69 Å². The molecule has 0 spiro atoms. The van der Waals surface area contributed by atoms with Gasteiger partial charge in [-0.05, 0) is 40.5 Å². The molecule has 0 amide bonds. The molecule has 0 aliphatic rings. The summed E-state index contributed by atoms with van der Waals surface area (Å²) < 4.78 is 2.20. The first kappa shape index (κ1) is 12.9. The quantitative estimate of drug-likeness (QED) is 0.807. The highest BCUT2D eigenvalue weighted by atomic mass is 79.9. The molecule has 5 heteroatoms. The second-order valence-electron chi connectivity index (χ2n) is 3.74. The predicted molar refractivity (Wildman–Crippen MR) is 74.2 cm³/mol. The second kappa shape index (κ2) is 4.97. The number of hydrogen-bond acceptors (Lipinski definition) is 2. The lowest BCUT2D eigenvalue weighted by Gasteiger charge is -2.10. The Morgan fingerprint density at radius 1 is 1.39 bits per heavy atom. The highest BCUT2D eigenvalue weighted by molar-refractivity contribution is 9.10. The fourth-order valence-electron chi connectivity index (χ4n) is 1.64. The van der Waals surface area contributed by atoms with Crippen LogP contribution in [-0.2, 0) is 0 Å². The van der Waals surface area contributed by atoms with E-state index in [4.69, 9.17) is 16.9 Å². The largest absolute Gasteiger partial charge is 0.282 e. The zero-order valence-electron chi connectivity index (χ0n) is 9.45. The Labute approximate surface area is 117 Å². The molecule has 1 heterocycles. The Morgan fingerprint density at radius 2 is 2.06 bits per heavy atom. The van der Waals surface area contributed by atoms with Crippen molar-refractivity contribution in [2.45, 2.75) is 6.92 Å². The molecule has 0 N–H and O–H groups in total. The SMILES string of the molecule is Cc1cn(-c2ccccc2Br)c(=O)c(C#N)c1Cl. The van der Waals surface area contributed by atoms with Gasteiger partial charge >= 0.3 is 0 Å². The summed E-state index contributed by atoms with van der Waals surface area (Å²) in [5, 5.41) is 9.22. The lowest BCUT2D eigenvalue weighted by Crippen LogP contribution is -2.22. The summed E-state index contributed by atoms with van der Waals surface area (Å²) in [6.07, 6.45) is 1.63. The third-order valence-electron chi connectivity index (χ3n) is 2.54. The van der Waals surface area contributed by atoms with E-state index in [1.54, 1.807) is 19.2 Å². The number of pyridine rings is 1. The molecule has 0 saturated heterocycles. The summed E-state index contributed by atoms with van der Waals surface area (Å²) in [7, 11) is 0. The number of benzene rings is 1. The molecule has 1 aromatic heterocycles. The molecule has 0 unspecified atom stereocenters. The van der Waals surface area contributed by atoms with E-state index in [0.717, 1.165) is 4.47 Å². The minimum Gasteiger partial charge on any atom is -0.282 e. The van der Waals surface area contributed by atoms with Crippen LogP contribution in [0.1, 0.15) is 11.1 Å². The molecule has 2 rings (SSSR count). The van der Waals surface area contributed by atoms with Crippen molar-refractivity contribution in [3.63, 3.8) is 0 Å². The third kappa shape index (κ3) is 2.07. The second-order valence-corrected chi connectivity index (χ2v) is 4.97. The zero-order valence-corrected chi connectivity index (χ0v) is 11.8. The minimum absolute atomic E-state index is 0.0348. The van der Waals surface area contributed by atoms with Crippen LogP contribution < -0.4 is 5.56 Å². The van der Waals surface area contributed by atoms with E-state index in [9.17, 15) is 4.79 Å². The van der Waals surface area contributed by atoms with Crippen LogP contribution in [0, 0.1) is 18.3 Å². The molecule has 1 aromatic carbocycles. The number of hydrogen-bond donors (Lipinski definition) is 0. The number of para-hydroxylation sites is 1. The Balaban J connectivity index is 2.83. The summed E-state index contributed by atoms with van der Waals surface area (Å²) in [5.41, 5.74) is 0.912. The number of nitriles is 1. The van der Waals surface area contributed by atoms with Crippen LogP contribution in [0.15, 0.2) is 39.7 Å². The first-order valence-electron chi connectivity index (χ1n) is 5.13. The first-order valence-corrected chi connectivity index (χ1v) is 6.30. The molecule has 0 aliphatic carbocycles. The van der Waals surface area contributed by atoms with E-state index in [0.29, 0.717) is 11.3 Å². The average Bonchev–Trinajstić information content (AvgIpc) is 2.36. The topological polar surface area (TPSA) is 45.8 Å². The predicted octanol–water partition coefficient (Wildman–Crippen LogP) is 3.43. The molecular weight excluding hydrogens is 316 g/mol. The molecule has 90 valence electrons. The smallest absolute Gasteiger partial charge is 0.274 e. The van der Waals surface area contributed by atoms with Crippen molar-refractivity contribution in [1.29, 1.82) is 5.26 Å². The van der Waals surface area contributed by atoms with E-state index in [2.05, 4.69) is 15.9 Å². The summed E-state index contributed by atoms with van der Waals surface area (Å²) in [6, 6.07) is 9.15. The van der Waals surface area contributed by atoms with Gasteiger partial charge in [-0.25, -0.2) is 0 Å². The van der Waals surface area contributed by atoms with Crippen molar-refractivity contribution < 1.29 is 0 Å². The summed E-state index contributed by atoms with van der Waals surface area (Å²) in [6.45, 7) is 1.76. The number of aromatic nitrogens is 1. The van der Waals surface area contributed by atoms with Gasteiger partial charge in [0.1, 0.15) is 11.6 Å². The van der Waals surface area contributed by atoms with Gasteiger partial charge in [0.05, 0.1) is 10.7 Å². The van der Waals surface area contributed by atoms with Crippen LogP contribution >= 0.6 is 27.5 Å². The number of nitrogens with zero attached hydrogens (tertiary/aromatic N) is 2. The Morgan fingerprint density at radius 3 is 2.67 bits per heavy atom.